The molecule has 1 N–H and O–H groups in total. The molecule has 0 spiro atoms. The lowest BCUT2D eigenvalue weighted by molar-refractivity contribution is -0.120. The van der Waals surface area contributed by atoms with Crippen LogP contribution in [0.3, 0.4) is 0 Å². The second-order valence-electron chi connectivity index (χ2n) is 7.42. The molecule has 0 aliphatic heterocycles. The highest BCUT2D eigenvalue weighted by molar-refractivity contribution is 5.80. The summed E-state index contributed by atoms with van der Waals surface area (Å²) in [5.74, 6) is 0.775. The number of hydrogen-bond donors (Lipinski definition) is 1. The van der Waals surface area contributed by atoms with E-state index < -0.39 is 0 Å². The maximum atomic E-state index is 12.9. The Labute approximate surface area is 183 Å². The SMILES string of the molecule is COc1ccc(C(NC(=O)Cc2ccc(-c3ccccc3)cc2)c2ccccc2)cc1. The summed E-state index contributed by atoms with van der Waals surface area (Å²) < 4.78 is 5.27. The molecule has 3 heteroatoms. The first-order chi connectivity index (χ1) is 15.2. The lowest BCUT2D eigenvalue weighted by Crippen LogP contribution is -2.30. The Balaban J connectivity index is 1.49. The first kappa shape index (κ1) is 20.4. The summed E-state index contributed by atoms with van der Waals surface area (Å²) in [6.45, 7) is 0. The van der Waals surface area contributed by atoms with Gasteiger partial charge in [-0.1, -0.05) is 97.1 Å². The highest BCUT2D eigenvalue weighted by Crippen LogP contribution is 2.25. The molecule has 1 unspecified atom stereocenters. The standard InChI is InChI=1S/C28H25NO2/c1-31-26-18-16-25(17-19-26)28(24-10-6-3-7-11-24)29-27(30)20-21-12-14-23(15-13-21)22-8-4-2-5-9-22/h2-19,28H,20H2,1H3,(H,29,30). The summed E-state index contributed by atoms with van der Waals surface area (Å²) in [5, 5.41) is 3.20. The second-order valence-corrected chi connectivity index (χ2v) is 7.42. The third-order valence-corrected chi connectivity index (χ3v) is 5.31. The maximum absolute atomic E-state index is 12.9. The van der Waals surface area contributed by atoms with Crippen molar-refractivity contribution in [2.45, 2.75) is 12.5 Å². The van der Waals surface area contributed by atoms with Gasteiger partial charge in [-0.05, 0) is 39.9 Å². The van der Waals surface area contributed by atoms with Crippen molar-refractivity contribution in [2.24, 2.45) is 0 Å². The topological polar surface area (TPSA) is 38.3 Å². The third-order valence-electron chi connectivity index (χ3n) is 5.31. The van der Waals surface area contributed by atoms with Crippen LogP contribution >= 0.6 is 0 Å². The van der Waals surface area contributed by atoms with E-state index in [0.29, 0.717) is 6.42 Å². The number of nitrogens with one attached hydrogen (secondary N) is 1. The maximum Gasteiger partial charge on any atom is 0.225 e. The second kappa shape index (κ2) is 9.77. The fourth-order valence-corrected chi connectivity index (χ4v) is 3.64. The number of carbonyl (C=O) groups excluding carboxylic acids is 1. The van der Waals surface area contributed by atoms with Crippen molar-refractivity contribution in [3.63, 3.8) is 0 Å². The molecule has 0 saturated heterocycles. The molecule has 0 aliphatic rings. The van der Waals surface area contributed by atoms with Gasteiger partial charge in [0, 0.05) is 0 Å². The minimum absolute atomic E-state index is 0.0165. The molecule has 3 nitrogen and oxygen atoms in total. The van der Waals surface area contributed by atoms with Crippen LogP contribution in [-0.2, 0) is 11.2 Å². The Kier molecular flexibility index (Phi) is 6.44. The molecule has 31 heavy (non-hydrogen) atoms. The Morgan fingerprint density at radius 3 is 1.87 bits per heavy atom. The molecule has 0 bridgehead atoms. The van der Waals surface area contributed by atoms with Crippen LogP contribution in [0.2, 0.25) is 0 Å². The number of amides is 1. The Morgan fingerprint density at radius 1 is 0.710 bits per heavy atom. The lowest BCUT2D eigenvalue weighted by atomic mass is 9.98. The smallest absolute Gasteiger partial charge is 0.225 e. The van der Waals surface area contributed by atoms with Gasteiger partial charge in [0.25, 0.3) is 0 Å². The number of hydrogen-bond acceptors (Lipinski definition) is 2. The van der Waals surface area contributed by atoms with Gasteiger partial charge in [0.1, 0.15) is 5.75 Å². The summed E-state index contributed by atoms with van der Waals surface area (Å²) in [7, 11) is 1.65. The molecular weight excluding hydrogens is 382 g/mol. The molecular formula is C28H25NO2. The molecule has 4 rings (SSSR count). The Morgan fingerprint density at radius 2 is 1.26 bits per heavy atom. The van der Waals surface area contributed by atoms with Crippen molar-refractivity contribution in [2.75, 3.05) is 7.11 Å². The monoisotopic (exact) mass is 407 g/mol. The van der Waals surface area contributed by atoms with Crippen molar-refractivity contribution >= 4 is 5.91 Å². The first-order valence-corrected chi connectivity index (χ1v) is 10.4. The lowest BCUT2D eigenvalue weighted by Gasteiger charge is -2.20. The van der Waals surface area contributed by atoms with Gasteiger partial charge >= 0.3 is 0 Å². The molecule has 1 amide bonds. The van der Waals surface area contributed by atoms with Crippen LogP contribution in [-0.4, -0.2) is 13.0 Å². The fourth-order valence-electron chi connectivity index (χ4n) is 3.64. The minimum Gasteiger partial charge on any atom is -0.497 e. The molecule has 4 aromatic carbocycles. The Hall–Kier alpha value is -3.85. The van der Waals surface area contributed by atoms with Crippen LogP contribution < -0.4 is 10.1 Å². The highest BCUT2D eigenvalue weighted by Gasteiger charge is 2.17. The van der Waals surface area contributed by atoms with Crippen molar-refractivity contribution in [1.29, 1.82) is 0 Å². The summed E-state index contributed by atoms with van der Waals surface area (Å²) in [6.07, 6.45) is 0.328. The van der Waals surface area contributed by atoms with E-state index in [1.807, 2.05) is 84.9 Å². The molecule has 0 saturated carbocycles. The normalized spacial score (nSPS) is 11.5. The van der Waals surface area contributed by atoms with Gasteiger partial charge in [0.2, 0.25) is 5.91 Å². The first-order valence-electron chi connectivity index (χ1n) is 10.4. The molecule has 154 valence electrons. The van der Waals surface area contributed by atoms with E-state index in [4.69, 9.17) is 4.74 Å². The van der Waals surface area contributed by atoms with E-state index in [9.17, 15) is 4.79 Å². The van der Waals surface area contributed by atoms with Crippen LogP contribution in [0, 0.1) is 0 Å². The quantitative estimate of drug-likeness (QED) is 0.420. The van der Waals surface area contributed by atoms with Gasteiger partial charge in [0.15, 0.2) is 0 Å². The molecule has 0 aromatic heterocycles. The van der Waals surface area contributed by atoms with Gasteiger partial charge in [0.05, 0.1) is 19.6 Å². The zero-order valence-corrected chi connectivity index (χ0v) is 17.5. The van der Waals surface area contributed by atoms with Gasteiger partial charge in [-0.15, -0.1) is 0 Å². The largest absolute Gasteiger partial charge is 0.497 e. The van der Waals surface area contributed by atoms with Crippen LogP contribution in [0.4, 0.5) is 0 Å². The van der Waals surface area contributed by atoms with Crippen molar-refractivity contribution in [3.05, 3.63) is 126 Å². The summed E-state index contributed by atoms with van der Waals surface area (Å²) in [6, 6.07) is 36.0. The number of methoxy groups -OCH3 is 1. The van der Waals surface area contributed by atoms with E-state index in [0.717, 1.165) is 28.0 Å². The number of benzene rings is 4. The van der Waals surface area contributed by atoms with Gasteiger partial charge in [-0.2, -0.15) is 0 Å². The predicted molar refractivity (Wildman–Crippen MR) is 125 cm³/mol. The number of rotatable bonds is 7. The van der Waals surface area contributed by atoms with E-state index in [2.05, 4.69) is 29.6 Å². The van der Waals surface area contributed by atoms with Gasteiger partial charge < -0.3 is 10.1 Å². The van der Waals surface area contributed by atoms with Crippen molar-refractivity contribution in [3.8, 4) is 16.9 Å². The fraction of sp³-hybridized carbons (Fsp3) is 0.107. The van der Waals surface area contributed by atoms with E-state index >= 15 is 0 Å². The molecule has 0 radical (unpaired) electrons. The molecule has 0 fully saturated rings. The van der Waals surface area contributed by atoms with Crippen molar-refractivity contribution in [1.82, 2.24) is 5.32 Å². The highest BCUT2D eigenvalue weighted by atomic mass is 16.5. The average Bonchev–Trinajstić information content (AvgIpc) is 2.84. The summed E-state index contributed by atoms with van der Waals surface area (Å²) in [5.41, 5.74) is 5.35. The summed E-state index contributed by atoms with van der Waals surface area (Å²) >= 11 is 0. The van der Waals surface area contributed by atoms with Crippen molar-refractivity contribution < 1.29 is 9.53 Å². The van der Waals surface area contributed by atoms with Crippen LogP contribution in [0.1, 0.15) is 22.7 Å². The van der Waals surface area contributed by atoms with Crippen LogP contribution in [0.25, 0.3) is 11.1 Å². The minimum atomic E-state index is -0.219. The number of ether oxygens (including phenoxy) is 1. The molecule has 4 aromatic rings. The zero-order chi connectivity index (χ0) is 21.5. The van der Waals surface area contributed by atoms with Gasteiger partial charge in [-0.3, -0.25) is 4.79 Å². The predicted octanol–water partition coefficient (Wildman–Crippen LogP) is 5.81. The average molecular weight is 408 g/mol. The number of carbonyl (C=O) groups is 1. The molecule has 1 atom stereocenters. The third kappa shape index (κ3) is 5.20. The zero-order valence-electron chi connectivity index (χ0n) is 17.5. The van der Waals surface area contributed by atoms with E-state index in [1.165, 1.54) is 5.56 Å². The molecule has 0 aliphatic carbocycles. The van der Waals surface area contributed by atoms with E-state index in [-0.39, 0.29) is 11.9 Å². The van der Waals surface area contributed by atoms with Crippen LogP contribution in [0.5, 0.6) is 5.75 Å². The molecule has 0 heterocycles. The Bertz CT molecular complexity index is 1110. The van der Waals surface area contributed by atoms with E-state index in [1.54, 1.807) is 7.11 Å². The van der Waals surface area contributed by atoms with Gasteiger partial charge in [-0.25, -0.2) is 0 Å². The van der Waals surface area contributed by atoms with Crippen LogP contribution in [0.15, 0.2) is 109 Å². The summed E-state index contributed by atoms with van der Waals surface area (Å²) in [4.78, 5) is 12.9.